The number of benzene rings is 1. The molecule has 0 aliphatic carbocycles. The van der Waals surface area contributed by atoms with Gasteiger partial charge in [0.05, 0.1) is 17.8 Å². The fraction of sp³-hybridized carbons (Fsp3) is 0.438. The molecule has 108 valence electrons. The molecule has 1 atom stereocenters. The van der Waals surface area contributed by atoms with Gasteiger partial charge in [-0.1, -0.05) is 19.1 Å². The van der Waals surface area contributed by atoms with Gasteiger partial charge in [0.25, 0.3) is 0 Å². The van der Waals surface area contributed by atoms with Crippen LogP contribution in [0.3, 0.4) is 0 Å². The standard InChI is InChI=1S/C16H22N2OS/c1-4-9-17-16(10-14-11-20-12(2)18-14)13-5-7-15(19-3)8-6-13/h5-8,11,16-17H,4,9-10H2,1-3H3. The second-order valence-corrected chi connectivity index (χ2v) is 5.90. The highest BCUT2D eigenvalue weighted by atomic mass is 32.1. The molecule has 1 unspecified atom stereocenters. The van der Waals surface area contributed by atoms with Gasteiger partial charge in [-0.15, -0.1) is 11.3 Å². The van der Waals surface area contributed by atoms with Gasteiger partial charge in [0.1, 0.15) is 5.75 Å². The lowest BCUT2D eigenvalue weighted by molar-refractivity contribution is 0.414. The van der Waals surface area contributed by atoms with Crippen molar-refractivity contribution in [3.05, 3.63) is 45.9 Å². The van der Waals surface area contributed by atoms with Crippen LogP contribution in [0.5, 0.6) is 5.75 Å². The quantitative estimate of drug-likeness (QED) is 0.843. The van der Waals surface area contributed by atoms with Gasteiger partial charge in [0.2, 0.25) is 0 Å². The monoisotopic (exact) mass is 290 g/mol. The normalized spacial score (nSPS) is 12.3. The maximum Gasteiger partial charge on any atom is 0.118 e. The molecule has 0 radical (unpaired) electrons. The van der Waals surface area contributed by atoms with Crippen LogP contribution in [-0.4, -0.2) is 18.6 Å². The molecular formula is C16H22N2OS. The number of aromatic nitrogens is 1. The van der Waals surface area contributed by atoms with Crippen molar-refractivity contribution >= 4 is 11.3 Å². The van der Waals surface area contributed by atoms with E-state index in [0.717, 1.165) is 35.8 Å². The zero-order chi connectivity index (χ0) is 14.4. The van der Waals surface area contributed by atoms with E-state index in [1.165, 1.54) is 5.56 Å². The Labute approximate surface area is 125 Å². The van der Waals surface area contributed by atoms with Crippen molar-refractivity contribution in [3.8, 4) is 5.75 Å². The molecule has 0 aliphatic rings. The van der Waals surface area contributed by atoms with E-state index in [4.69, 9.17) is 4.74 Å². The summed E-state index contributed by atoms with van der Waals surface area (Å²) < 4.78 is 5.22. The van der Waals surface area contributed by atoms with E-state index < -0.39 is 0 Å². The highest BCUT2D eigenvalue weighted by Gasteiger charge is 2.13. The molecule has 4 heteroatoms. The fourth-order valence-electron chi connectivity index (χ4n) is 2.17. The largest absolute Gasteiger partial charge is 0.497 e. The smallest absolute Gasteiger partial charge is 0.118 e. The van der Waals surface area contributed by atoms with E-state index >= 15 is 0 Å². The Morgan fingerprint density at radius 3 is 2.60 bits per heavy atom. The minimum absolute atomic E-state index is 0.308. The highest BCUT2D eigenvalue weighted by molar-refractivity contribution is 7.09. The SMILES string of the molecule is CCCNC(Cc1csc(C)n1)c1ccc(OC)cc1. The Hall–Kier alpha value is -1.39. The lowest BCUT2D eigenvalue weighted by atomic mass is 10.0. The van der Waals surface area contributed by atoms with Crippen LogP contribution < -0.4 is 10.1 Å². The van der Waals surface area contributed by atoms with Crippen molar-refractivity contribution < 1.29 is 4.74 Å². The first kappa shape index (κ1) is 15.0. The van der Waals surface area contributed by atoms with Crippen LogP contribution in [-0.2, 0) is 6.42 Å². The van der Waals surface area contributed by atoms with Crippen molar-refractivity contribution in [1.29, 1.82) is 0 Å². The average Bonchev–Trinajstić information content (AvgIpc) is 2.89. The Morgan fingerprint density at radius 2 is 2.05 bits per heavy atom. The number of ether oxygens (including phenoxy) is 1. The van der Waals surface area contributed by atoms with Gasteiger partial charge in [-0.2, -0.15) is 0 Å². The van der Waals surface area contributed by atoms with Crippen LogP contribution in [0.25, 0.3) is 0 Å². The lowest BCUT2D eigenvalue weighted by Crippen LogP contribution is -2.24. The third kappa shape index (κ3) is 4.05. The number of hydrogen-bond acceptors (Lipinski definition) is 4. The minimum atomic E-state index is 0.308. The second-order valence-electron chi connectivity index (χ2n) is 4.84. The summed E-state index contributed by atoms with van der Waals surface area (Å²) in [6, 6.07) is 8.60. The summed E-state index contributed by atoms with van der Waals surface area (Å²) >= 11 is 1.71. The fourth-order valence-corrected chi connectivity index (χ4v) is 2.80. The Bertz CT molecular complexity index is 522. The van der Waals surface area contributed by atoms with Gasteiger partial charge in [0.15, 0.2) is 0 Å². The van der Waals surface area contributed by atoms with Gasteiger partial charge in [-0.25, -0.2) is 4.98 Å². The van der Waals surface area contributed by atoms with Gasteiger partial charge in [-0.05, 0) is 37.6 Å². The van der Waals surface area contributed by atoms with Crippen molar-refractivity contribution in [2.45, 2.75) is 32.7 Å². The number of thiazole rings is 1. The molecule has 0 amide bonds. The zero-order valence-electron chi connectivity index (χ0n) is 12.3. The van der Waals surface area contributed by atoms with Crippen LogP contribution in [0, 0.1) is 6.92 Å². The van der Waals surface area contributed by atoms with Gasteiger partial charge in [0, 0.05) is 17.8 Å². The minimum Gasteiger partial charge on any atom is -0.497 e. The summed E-state index contributed by atoms with van der Waals surface area (Å²) in [6.45, 7) is 5.25. The van der Waals surface area contributed by atoms with Crippen molar-refractivity contribution in [1.82, 2.24) is 10.3 Å². The predicted octanol–water partition coefficient (Wildman–Crippen LogP) is 3.74. The number of hydrogen-bond donors (Lipinski definition) is 1. The maximum atomic E-state index is 5.22. The third-order valence-electron chi connectivity index (χ3n) is 3.24. The molecule has 1 aromatic carbocycles. The predicted molar refractivity (Wildman–Crippen MR) is 84.6 cm³/mol. The molecule has 0 saturated heterocycles. The van der Waals surface area contributed by atoms with Crippen LogP contribution in [0.15, 0.2) is 29.6 Å². The number of rotatable bonds is 7. The van der Waals surface area contributed by atoms with Gasteiger partial charge >= 0.3 is 0 Å². The molecule has 1 N–H and O–H groups in total. The Balaban J connectivity index is 2.12. The molecule has 1 aromatic heterocycles. The summed E-state index contributed by atoms with van der Waals surface area (Å²) in [5.74, 6) is 0.896. The summed E-state index contributed by atoms with van der Waals surface area (Å²) in [5.41, 5.74) is 2.45. The maximum absolute atomic E-state index is 5.22. The molecule has 2 rings (SSSR count). The van der Waals surface area contributed by atoms with Gasteiger partial charge in [-0.3, -0.25) is 0 Å². The van der Waals surface area contributed by atoms with Crippen LogP contribution in [0.2, 0.25) is 0 Å². The zero-order valence-corrected chi connectivity index (χ0v) is 13.2. The van der Waals surface area contributed by atoms with Crippen LogP contribution in [0.1, 0.15) is 35.7 Å². The summed E-state index contributed by atoms with van der Waals surface area (Å²) in [5, 5.41) is 6.89. The van der Waals surface area contributed by atoms with Crippen molar-refractivity contribution in [2.75, 3.05) is 13.7 Å². The Morgan fingerprint density at radius 1 is 1.30 bits per heavy atom. The number of methoxy groups -OCH3 is 1. The summed E-state index contributed by atoms with van der Waals surface area (Å²) in [6.07, 6.45) is 2.05. The molecular weight excluding hydrogens is 268 g/mol. The number of aryl methyl sites for hydroxylation is 1. The molecule has 3 nitrogen and oxygen atoms in total. The number of nitrogens with one attached hydrogen (secondary N) is 1. The van der Waals surface area contributed by atoms with Crippen LogP contribution in [0.4, 0.5) is 0 Å². The molecule has 0 spiro atoms. The van der Waals surface area contributed by atoms with Crippen molar-refractivity contribution in [2.24, 2.45) is 0 Å². The van der Waals surface area contributed by atoms with E-state index in [2.05, 4.69) is 41.7 Å². The van der Waals surface area contributed by atoms with E-state index in [9.17, 15) is 0 Å². The van der Waals surface area contributed by atoms with E-state index in [1.807, 2.05) is 12.1 Å². The molecule has 0 bridgehead atoms. The van der Waals surface area contributed by atoms with E-state index in [0.29, 0.717) is 6.04 Å². The molecule has 0 saturated carbocycles. The van der Waals surface area contributed by atoms with Crippen LogP contribution >= 0.6 is 11.3 Å². The Kier molecular flexibility index (Phi) is 5.56. The summed E-state index contributed by atoms with van der Waals surface area (Å²) in [4.78, 5) is 4.57. The topological polar surface area (TPSA) is 34.2 Å². The lowest BCUT2D eigenvalue weighted by Gasteiger charge is -2.18. The van der Waals surface area contributed by atoms with E-state index in [-0.39, 0.29) is 0 Å². The first-order valence-corrected chi connectivity index (χ1v) is 7.89. The summed E-state index contributed by atoms with van der Waals surface area (Å²) in [7, 11) is 1.69. The highest BCUT2D eigenvalue weighted by Crippen LogP contribution is 2.22. The van der Waals surface area contributed by atoms with Gasteiger partial charge < -0.3 is 10.1 Å². The molecule has 2 aromatic rings. The number of nitrogens with zero attached hydrogens (tertiary/aromatic N) is 1. The molecule has 1 heterocycles. The second kappa shape index (κ2) is 7.41. The molecule has 0 aliphatic heterocycles. The first-order chi connectivity index (χ1) is 9.72. The average molecular weight is 290 g/mol. The molecule has 20 heavy (non-hydrogen) atoms. The van der Waals surface area contributed by atoms with Crippen molar-refractivity contribution in [3.63, 3.8) is 0 Å². The first-order valence-electron chi connectivity index (χ1n) is 7.01. The third-order valence-corrected chi connectivity index (χ3v) is 4.06. The molecule has 0 fully saturated rings. The van der Waals surface area contributed by atoms with E-state index in [1.54, 1.807) is 18.4 Å².